The number of aromatic nitrogens is 2. The van der Waals surface area contributed by atoms with Crippen LogP contribution in [0.3, 0.4) is 0 Å². The molecule has 0 radical (unpaired) electrons. The fourth-order valence-electron chi connectivity index (χ4n) is 1.83. The fourth-order valence-corrected chi connectivity index (χ4v) is 1.83. The lowest BCUT2D eigenvalue weighted by Crippen LogP contribution is -2.13. The van der Waals surface area contributed by atoms with Gasteiger partial charge in [0.1, 0.15) is 6.07 Å². The lowest BCUT2D eigenvalue weighted by Gasteiger charge is -2.07. The van der Waals surface area contributed by atoms with Gasteiger partial charge in [0.25, 0.3) is 0 Å². The molecule has 1 heterocycles. The predicted octanol–water partition coefficient (Wildman–Crippen LogP) is 2.44. The van der Waals surface area contributed by atoms with Crippen molar-refractivity contribution in [2.75, 3.05) is 10.6 Å². The van der Waals surface area contributed by atoms with E-state index in [1.807, 2.05) is 30.3 Å². The summed E-state index contributed by atoms with van der Waals surface area (Å²) in [6.45, 7) is 0. The van der Waals surface area contributed by atoms with Crippen molar-refractivity contribution in [2.45, 2.75) is 12.8 Å². The summed E-state index contributed by atoms with van der Waals surface area (Å²) in [5, 5.41) is 22.3. The minimum atomic E-state index is 0.0914. The number of hydrogen-bond acceptors (Lipinski definition) is 5. The predicted molar refractivity (Wildman–Crippen MR) is 77.8 cm³/mol. The van der Waals surface area contributed by atoms with Crippen molar-refractivity contribution in [2.24, 2.45) is 5.92 Å². The summed E-state index contributed by atoms with van der Waals surface area (Å²) in [4.78, 5) is 11.6. The van der Waals surface area contributed by atoms with Crippen LogP contribution in [0.15, 0.2) is 36.4 Å². The van der Waals surface area contributed by atoms with E-state index in [1.165, 1.54) is 0 Å². The maximum Gasteiger partial charge on any atom is 0.227 e. The van der Waals surface area contributed by atoms with Crippen molar-refractivity contribution < 1.29 is 4.79 Å². The molecule has 1 aliphatic carbocycles. The second-order valence-corrected chi connectivity index (χ2v) is 4.88. The van der Waals surface area contributed by atoms with Gasteiger partial charge in [0, 0.05) is 17.3 Å². The Bertz CT molecular complexity index is 683. The quantitative estimate of drug-likeness (QED) is 0.897. The van der Waals surface area contributed by atoms with Gasteiger partial charge in [-0.15, -0.1) is 10.2 Å². The molecular formula is C15H13N5O. The number of amides is 1. The number of rotatable bonds is 4. The lowest BCUT2D eigenvalue weighted by molar-refractivity contribution is -0.117. The van der Waals surface area contributed by atoms with Crippen molar-refractivity contribution in [1.29, 1.82) is 5.26 Å². The third-order valence-corrected chi connectivity index (χ3v) is 3.15. The smallest absolute Gasteiger partial charge is 0.227 e. The van der Waals surface area contributed by atoms with Crippen LogP contribution in [-0.2, 0) is 4.79 Å². The topological polar surface area (TPSA) is 90.7 Å². The molecule has 3 rings (SSSR count). The number of anilines is 3. The van der Waals surface area contributed by atoms with Gasteiger partial charge in [-0.05, 0) is 49.2 Å². The second kappa shape index (κ2) is 5.59. The van der Waals surface area contributed by atoms with E-state index >= 15 is 0 Å². The van der Waals surface area contributed by atoms with Crippen LogP contribution in [0.25, 0.3) is 0 Å². The first kappa shape index (κ1) is 13.1. The molecule has 0 atom stereocenters. The molecule has 0 bridgehead atoms. The van der Waals surface area contributed by atoms with Gasteiger partial charge in [-0.1, -0.05) is 0 Å². The Morgan fingerprint density at radius 3 is 2.38 bits per heavy atom. The Labute approximate surface area is 121 Å². The van der Waals surface area contributed by atoms with E-state index in [-0.39, 0.29) is 17.5 Å². The van der Waals surface area contributed by atoms with E-state index in [1.54, 1.807) is 12.1 Å². The molecule has 1 aliphatic rings. The molecule has 0 aliphatic heterocycles. The van der Waals surface area contributed by atoms with E-state index in [2.05, 4.69) is 20.8 Å². The Morgan fingerprint density at radius 2 is 1.81 bits per heavy atom. The van der Waals surface area contributed by atoms with E-state index < -0.39 is 0 Å². The van der Waals surface area contributed by atoms with Crippen LogP contribution in [0.5, 0.6) is 0 Å². The highest BCUT2D eigenvalue weighted by atomic mass is 16.2. The number of carbonyl (C=O) groups is 1. The van der Waals surface area contributed by atoms with Crippen LogP contribution in [-0.4, -0.2) is 16.1 Å². The zero-order valence-electron chi connectivity index (χ0n) is 11.2. The highest BCUT2D eigenvalue weighted by Gasteiger charge is 2.29. The number of nitriles is 1. The maximum atomic E-state index is 11.6. The highest BCUT2D eigenvalue weighted by Crippen LogP contribution is 2.30. The highest BCUT2D eigenvalue weighted by molar-refractivity contribution is 5.94. The van der Waals surface area contributed by atoms with Crippen LogP contribution < -0.4 is 10.6 Å². The van der Waals surface area contributed by atoms with Gasteiger partial charge in [0.05, 0.1) is 0 Å². The Kier molecular flexibility index (Phi) is 3.48. The van der Waals surface area contributed by atoms with Gasteiger partial charge in [0.2, 0.25) is 5.91 Å². The lowest BCUT2D eigenvalue weighted by atomic mass is 10.2. The van der Waals surface area contributed by atoms with Gasteiger partial charge in [0.15, 0.2) is 11.5 Å². The molecule has 1 fully saturated rings. The summed E-state index contributed by atoms with van der Waals surface area (Å²) in [7, 11) is 0. The first-order valence-corrected chi connectivity index (χ1v) is 6.66. The van der Waals surface area contributed by atoms with E-state index in [4.69, 9.17) is 5.26 Å². The van der Waals surface area contributed by atoms with Crippen molar-refractivity contribution in [1.82, 2.24) is 10.2 Å². The van der Waals surface area contributed by atoms with Crippen LogP contribution >= 0.6 is 0 Å². The third-order valence-electron chi connectivity index (χ3n) is 3.15. The molecule has 21 heavy (non-hydrogen) atoms. The molecule has 104 valence electrons. The number of nitrogens with zero attached hydrogens (tertiary/aromatic N) is 3. The summed E-state index contributed by atoms with van der Waals surface area (Å²) in [5.41, 5.74) is 1.89. The molecule has 0 saturated heterocycles. The third kappa shape index (κ3) is 3.34. The summed E-state index contributed by atoms with van der Waals surface area (Å²) in [6.07, 6.45) is 1.98. The molecular weight excluding hydrogens is 266 g/mol. The average Bonchev–Trinajstić information content (AvgIpc) is 3.35. The van der Waals surface area contributed by atoms with Crippen molar-refractivity contribution >= 4 is 23.1 Å². The zero-order valence-corrected chi connectivity index (χ0v) is 11.2. The first-order valence-electron chi connectivity index (χ1n) is 6.66. The molecule has 1 amide bonds. The fraction of sp³-hybridized carbons (Fsp3) is 0.200. The summed E-state index contributed by atoms with van der Waals surface area (Å²) in [5.74, 6) is 0.842. The molecule has 2 N–H and O–H groups in total. The van der Waals surface area contributed by atoms with Crippen LogP contribution in [0.1, 0.15) is 18.5 Å². The second-order valence-electron chi connectivity index (χ2n) is 4.88. The average molecular weight is 279 g/mol. The SMILES string of the molecule is N#Cc1ccc(Nc2ccc(NC(=O)C3CC3)cc2)nn1. The monoisotopic (exact) mass is 279 g/mol. The minimum absolute atomic E-state index is 0.0914. The molecule has 0 spiro atoms. The number of hydrogen-bond donors (Lipinski definition) is 2. The van der Waals surface area contributed by atoms with Crippen LogP contribution in [0, 0.1) is 17.2 Å². The molecule has 1 aromatic heterocycles. The standard InChI is InChI=1S/C15H13N5O/c16-9-13-7-8-14(20-19-13)17-11-3-5-12(6-4-11)18-15(21)10-1-2-10/h3-8,10H,1-2H2,(H,17,20)(H,18,21). The van der Waals surface area contributed by atoms with Gasteiger partial charge >= 0.3 is 0 Å². The van der Waals surface area contributed by atoms with Crippen LogP contribution in [0.2, 0.25) is 0 Å². The number of carbonyl (C=O) groups excluding carboxylic acids is 1. The normalized spacial score (nSPS) is 13.3. The molecule has 2 aromatic rings. The van der Waals surface area contributed by atoms with E-state index in [9.17, 15) is 4.79 Å². The molecule has 6 nitrogen and oxygen atoms in total. The van der Waals surface area contributed by atoms with Crippen molar-refractivity contribution in [3.05, 3.63) is 42.1 Å². The van der Waals surface area contributed by atoms with Crippen LogP contribution in [0.4, 0.5) is 17.2 Å². The summed E-state index contributed by atoms with van der Waals surface area (Å²) < 4.78 is 0. The summed E-state index contributed by atoms with van der Waals surface area (Å²) in [6, 6.07) is 12.6. The van der Waals surface area contributed by atoms with Crippen molar-refractivity contribution in [3.63, 3.8) is 0 Å². The van der Waals surface area contributed by atoms with Gasteiger partial charge in [-0.25, -0.2) is 0 Å². The van der Waals surface area contributed by atoms with E-state index in [0.29, 0.717) is 5.82 Å². The Hall–Kier alpha value is -2.94. The number of benzene rings is 1. The molecule has 1 aromatic carbocycles. The Balaban J connectivity index is 1.63. The van der Waals surface area contributed by atoms with E-state index in [0.717, 1.165) is 24.2 Å². The maximum absolute atomic E-state index is 11.6. The zero-order chi connectivity index (χ0) is 14.7. The minimum Gasteiger partial charge on any atom is -0.339 e. The first-order chi connectivity index (χ1) is 10.2. The Morgan fingerprint density at radius 1 is 1.10 bits per heavy atom. The largest absolute Gasteiger partial charge is 0.339 e. The summed E-state index contributed by atoms with van der Waals surface area (Å²) >= 11 is 0. The number of nitrogens with one attached hydrogen (secondary N) is 2. The van der Waals surface area contributed by atoms with Gasteiger partial charge in [-0.3, -0.25) is 4.79 Å². The molecule has 6 heteroatoms. The van der Waals surface area contributed by atoms with Gasteiger partial charge in [-0.2, -0.15) is 5.26 Å². The molecule has 0 unspecified atom stereocenters. The van der Waals surface area contributed by atoms with Crippen molar-refractivity contribution in [3.8, 4) is 6.07 Å². The molecule has 1 saturated carbocycles. The van der Waals surface area contributed by atoms with Gasteiger partial charge < -0.3 is 10.6 Å².